The highest BCUT2D eigenvalue weighted by molar-refractivity contribution is 8.93. The van der Waals surface area contributed by atoms with Crippen molar-refractivity contribution in [2.75, 3.05) is 0 Å². The molecule has 0 saturated heterocycles. The fourth-order valence-corrected chi connectivity index (χ4v) is 0. The van der Waals surface area contributed by atoms with E-state index in [1.54, 1.807) is 0 Å². The van der Waals surface area contributed by atoms with Gasteiger partial charge in [-0.15, -0.1) is 21.5 Å². The SMILES string of the molecule is Br.C[CH2][Mg][Cl]. The smallest absolute Gasteiger partial charge is 0.346 e. The van der Waals surface area contributed by atoms with Crippen molar-refractivity contribution < 1.29 is 0 Å². The zero-order valence-corrected chi connectivity index (χ0v) is 7.08. The number of rotatable bonds is 1. The Morgan fingerprint density at radius 2 is 2.00 bits per heavy atom. The summed E-state index contributed by atoms with van der Waals surface area (Å²) < 4.78 is 1.22. The summed E-state index contributed by atoms with van der Waals surface area (Å²) in [7, 11) is 5.32. The second kappa shape index (κ2) is 9.11. The van der Waals surface area contributed by atoms with Gasteiger partial charge in [-0.1, -0.05) is 6.92 Å². The van der Waals surface area contributed by atoms with Crippen molar-refractivity contribution in [2.24, 2.45) is 0 Å². The van der Waals surface area contributed by atoms with Crippen LogP contribution in [0.5, 0.6) is 0 Å². The number of hydrogen-bond acceptors (Lipinski definition) is 0. The van der Waals surface area contributed by atoms with Crippen molar-refractivity contribution in [3.63, 3.8) is 0 Å². The molecule has 0 aliphatic rings. The topological polar surface area (TPSA) is 0 Å². The van der Waals surface area contributed by atoms with Crippen LogP contribution in [0.1, 0.15) is 6.92 Å². The van der Waals surface area contributed by atoms with Gasteiger partial charge in [0.15, 0.2) is 0 Å². The van der Waals surface area contributed by atoms with Gasteiger partial charge >= 0.3 is 19.3 Å². The van der Waals surface area contributed by atoms with Gasteiger partial charge in [0.1, 0.15) is 0 Å². The average Bonchev–Trinajstić information content (AvgIpc) is 1.37. The summed E-state index contributed by atoms with van der Waals surface area (Å²) in [5.74, 6) is 0. The molecule has 0 aromatic rings. The van der Waals surface area contributed by atoms with E-state index in [1.807, 2.05) is 0 Å². The molecule has 0 aliphatic carbocycles. The molecule has 0 bridgehead atoms. The molecule has 30 valence electrons. The minimum atomic E-state index is -0.103. The van der Waals surface area contributed by atoms with Gasteiger partial charge in [0, 0.05) is 0 Å². The second-order valence-corrected chi connectivity index (χ2v) is 3.20. The van der Waals surface area contributed by atoms with Crippen LogP contribution in [0.25, 0.3) is 0 Å². The van der Waals surface area contributed by atoms with Crippen LogP contribution in [0, 0.1) is 0 Å². The summed E-state index contributed by atoms with van der Waals surface area (Å²) >= 11 is -0.103. The Morgan fingerprint density at radius 1 is 1.80 bits per heavy atom. The molecule has 3 heteroatoms. The Labute approximate surface area is 56.5 Å². The van der Waals surface area contributed by atoms with Gasteiger partial charge in [-0.3, -0.25) is 0 Å². The quantitative estimate of drug-likeness (QED) is 0.526. The van der Waals surface area contributed by atoms with Gasteiger partial charge in [-0.05, 0) is 0 Å². The van der Waals surface area contributed by atoms with Crippen molar-refractivity contribution in [1.82, 2.24) is 0 Å². The largest absolute Gasteiger partial charge is 0.500 e. The first-order valence-electron chi connectivity index (χ1n) is 1.47. The lowest BCUT2D eigenvalue weighted by Gasteiger charge is -1.58. The molecule has 0 atom stereocenters. The molecule has 0 radical (unpaired) electrons. The first-order chi connectivity index (χ1) is 1.91. The summed E-state index contributed by atoms with van der Waals surface area (Å²) in [5, 5.41) is 0. The van der Waals surface area contributed by atoms with E-state index in [0.29, 0.717) is 0 Å². The summed E-state index contributed by atoms with van der Waals surface area (Å²) in [6.07, 6.45) is 0. The predicted octanol–water partition coefficient (Wildman–Crippen LogP) is 1.86. The Kier molecular flexibility index (Phi) is 17.7. The van der Waals surface area contributed by atoms with Gasteiger partial charge in [0.2, 0.25) is 0 Å². The van der Waals surface area contributed by atoms with E-state index in [9.17, 15) is 0 Å². The summed E-state index contributed by atoms with van der Waals surface area (Å²) in [6.45, 7) is 2.11. The van der Waals surface area contributed by atoms with E-state index in [0.717, 1.165) is 0 Å². The van der Waals surface area contributed by atoms with Crippen molar-refractivity contribution in [2.45, 2.75) is 11.5 Å². The normalized spacial score (nSPS) is 4.40. The van der Waals surface area contributed by atoms with E-state index >= 15 is 0 Å². The van der Waals surface area contributed by atoms with E-state index < -0.39 is 0 Å². The van der Waals surface area contributed by atoms with Crippen LogP contribution >= 0.6 is 26.1 Å². The molecular weight excluding hydrogens is 164 g/mol. The maximum absolute atomic E-state index is 5.32. The zero-order chi connectivity index (χ0) is 3.41. The molecule has 0 aromatic carbocycles. The molecule has 0 rings (SSSR count). The minimum absolute atomic E-state index is 0. The van der Waals surface area contributed by atoms with Gasteiger partial charge in [0.25, 0.3) is 0 Å². The van der Waals surface area contributed by atoms with Crippen LogP contribution in [-0.4, -0.2) is 19.3 Å². The third-order valence-corrected chi connectivity index (χ3v) is 1.70. The average molecular weight is 170 g/mol. The molecular formula is C2H6BrClMg. The highest BCUT2D eigenvalue weighted by atomic mass is 79.9. The van der Waals surface area contributed by atoms with Crippen molar-refractivity contribution in [3.8, 4) is 0 Å². The van der Waals surface area contributed by atoms with Crippen LogP contribution in [0.3, 0.4) is 0 Å². The van der Waals surface area contributed by atoms with E-state index in [-0.39, 0.29) is 36.2 Å². The Bertz CT molecular complexity index is 11.6. The van der Waals surface area contributed by atoms with E-state index in [2.05, 4.69) is 6.92 Å². The number of hydrogen-bond donors (Lipinski definition) is 0. The summed E-state index contributed by atoms with van der Waals surface area (Å²) in [6, 6.07) is 0. The van der Waals surface area contributed by atoms with Gasteiger partial charge in [-0.25, -0.2) is 0 Å². The second-order valence-electron chi connectivity index (χ2n) is 0.689. The number of halogens is 2. The monoisotopic (exact) mass is 168 g/mol. The van der Waals surface area contributed by atoms with Crippen LogP contribution in [0.2, 0.25) is 4.55 Å². The van der Waals surface area contributed by atoms with Crippen LogP contribution < -0.4 is 0 Å². The highest BCUT2D eigenvalue weighted by Gasteiger charge is 1.74. The van der Waals surface area contributed by atoms with Gasteiger partial charge < -0.3 is 9.07 Å². The van der Waals surface area contributed by atoms with Crippen LogP contribution in [0.4, 0.5) is 0 Å². The third-order valence-electron chi connectivity index (χ3n) is 0.189. The highest BCUT2D eigenvalue weighted by Crippen LogP contribution is 1.73. The molecule has 0 fully saturated rings. The lowest BCUT2D eigenvalue weighted by atomic mass is 11.0. The molecule has 0 nitrogen and oxygen atoms in total. The van der Waals surface area contributed by atoms with E-state index in [1.165, 1.54) is 4.55 Å². The molecule has 5 heavy (non-hydrogen) atoms. The van der Waals surface area contributed by atoms with E-state index in [4.69, 9.17) is 9.07 Å². The summed E-state index contributed by atoms with van der Waals surface area (Å²) in [5.41, 5.74) is 0. The molecule has 0 saturated carbocycles. The Balaban J connectivity index is 0. The Hall–Kier alpha value is 1.54. The molecule has 0 unspecified atom stereocenters. The molecule has 0 N–H and O–H groups in total. The maximum atomic E-state index is 5.32. The van der Waals surface area contributed by atoms with Crippen molar-refractivity contribution in [1.29, 1.82) is 0 Å². The standard InChI is InChI=1S/C2H5.BrH.ClH.Mg/c1-2;;;/h1H2,2H3;2*1H;/q;;;+1/p-1. The van der Waals surface area contributed by atoms with Crippen LogP contribution in [-0.2, 0) is 0 Å². The Morgan fingerprint density at radius 3 is 2.00 bits per heavy atom. The predicted molar refractivity (Wildman–Crippen MR) is 32.4 cm³/mol. The molecule has 0 heterocycles. The first-order valence-corrected chi connectivity index (χ1v) is 4.61. The van der Waals surface area contributed by atoms with Crippen LogP contribution in [0.15, 0.2) is 0 Å². The minimum Gasteiger partial charge on any atom is -0.346 e. The third kappa shape index (κ3) is 10.8. The van der Waals surface area contributed by atoms with Gasteiger partial charge in [0.05, 0.1) is 0 Å². The maximum Gasteiger partial charge on any atom is 0.500 e. The molecule has 0 aromatic heterocycles. The zero-order valence-electron chi connectivity index (χ0n) is 3.20. The molecule has 0 amide bonds. The fraction of sp³-hybridized carbons (Fsp3) is 1.00. The lowest BCUT2D eigenvalue weighted by Crippen LogP contribution is -1.61. The fourth-order valence-electron chi connectivity index (χ4n) is 0. The molecule has 0 spiro atoms. The first kappa shape index (κ1) is 9.74. The van der Waals surface area contributed by atoms with Crippen molar-refractivity contribution >= 4 is 45.3 Å². The summed E-state index contributed by atoms with van der Waals surface area (Å²) in [4.78, 5) is 0. The van der Waals surface area contributed by atoms with Crippen molar-refractivity contribution in [3.05, 3.63) is 0 Å². The molecule has 0 aliphatic heterocycles. The van der Waals surface area contributed by atoms with Gasteiger partial charge in [-0.2, -0.15) is 0 Å². The lowest BCUT2D eigenvalue weighted by molar-refractivity contribution is 1.47.